The first-order valence-electron chi connectivity index (χ1n) is 8.74. The highest BCUT2D eigenvalue weighted by Gasteiger charge is 2.21. The van der Waals surface area contributed by atoms with E-state index in [-0.39, 0.29) is 0 Å². The Morgan fingerprint density at radius 1 is 1.03 bits per heavy atom. The summed E-state index contributed by atoms with van der Waals surface area (Å²) in [6.07, 6.45) is 0. The van der Waals surface area contributed by atoms with Gasteiger partial charge in [0.25, 0.3) is 5.91 Å². The molecule has 0 fully saturated rings. The number of carbonyl (C=O) groups excluding carboxylic acids is 2. The van der Waals surface area contributed by atoms with Crippen molar-refractivity contribution in [2.45, 2.75) is 13.0 Å². The van der Waals surface area contributed by atoms with E-state index >= 15 is 0 Å². The van der Waals surface area contributed by atoms with Crippen molar-refractivity contribution in [1.82, 2.24) is 15.5 Å². The summed E-state index contributed by atoms with van der Waals surface area (Å²) in [7, 11) is 2.99. The van der Waals surface area contributed by atoms with Gasteiger partial charge in [-0.2, -0.15) is 0 Å². The Kier molecular flexibility index (Phi) is 6.40. The molecule has 1 heterocycles. The molecule has 0 aliphatic rings. The van der Waals surface area contributed by atoms with Gasteiger partial charge in [0.2, 0.25) is 11.0 Å². The lowest BCUT2D eigenvalue weighted by Gasteiger charge is -2.15. The average molecular weight is 412 g/mol. The Morgan fingerprint density at radius 2 is 1.79 bits per heavy atom. The third-order valence-corrected chi connectivity index (χ3v) is 4.96. The van der Waals surface area contributed by atoms with E-state index in [2.05, 4.69) is 20.8 Å². The van der Waals surface area contributed by atoms with Crippen LogP contribution in [0.25, 0.3) is 10.6 Å². The minimum absolute atomic E-state index is 0.301. The first-order chi connectivity index (χ1) is 14.0. The lowest BCUT2D eigenvalue weighted by molar-refractivity contribution is -0.117. The first-order valence-corrected chi connectivity index (χ1v) is 9.56. The van der Waals surface area contributed by atoms with Gasteiger partial charge in [0, 0.05) is 11.6 Å². The van der Waals surface area contributed by atoms with Gasteiger partial charge in [-0.25, -0.2) is 0 Å². The van der Waals surface area contributed by atoms with Crippen LogP contribution in [0.5, 0.6) is 11.5 Å². The number of hydrogen-bond acceptors (Lipinski definition) is 7. The normalized spacial score (nSPS) is 11.4. The second kappa shape index (κ2) is 9.16. The SMILES string of the molecule is COc1ccc(C(=O)NC(C)C(=O)Nc2nnc(-c3ccccc3)s2)c(OC)c1. The predicted molar refractivity (Wildman–Crippen MR) is 110 cm³/mol. The number of carbonyl (C=O) groups is 2. The summed E-state index contributed by atoms with van der Waals surface area (Å²) in [6.45, 7) is 1.59. The van der Waals surface area contributed by atoms with Crippen molar-refractivity contribution >= 4 is 28.3 Å². The van der Waals surface area contributed by atoms with Gasteiger partial charge in [0.15, 0.2) is 0 Å². The van der Waals surface area contributed by atoms with Gasteiger partial charge in [0.05, 0.1) is 19.8 Å². The molecule has 0 saturated heterocycles. The minimum atomic E-state index is -0.793. The van der Waals surface area contributed by atoms with Crippen LogP contribution in [0.2, 0.25) is 0 Å². The van der Waals surface area contributed by atoms with Crippen molar-refractivity contribution in [2.75, 3.05) is 19.5 Å². The van der Waals surface area contributed by atoms with Gasteiger partial charge in [-0.05, 0) is 19.1 Å². The minimum Gasteiger partial charge on any atom is -0.497 e. The van der Waals surface area contributed by atoms with Crippen LogP contribution in [0.15, 0.2) is 48.5 Å². The lowest BCUT2D eigenvalue weighted by Crippen LogP contribution is -2.41. The molecular formula is C20H20N4O4S. The Labute approximate surface area is 171 Å². The molecule has 0 bridgehead atoms. The van der Waals surface area contributed by atoms with Gasteiger partial charge in [-0.3, -0.25) is 14.9 Å². The zero-order valence-corrected chi connectivity index (χ0v) is 16.9. The van der Waals surface area contributed by atoms with Crippen molar-refractivity contribution in [3.05, 3.63) is 54.1 Å². The second-order valence-electron chi connectivity index (χ2n) is 6.03. The molecule has 3 rings (SSSR count). The molecule has 2 aromatic carbocycles. The maximum Gasteiger partial charge on any atom is 0.255 e. The molecular weight excluding hydrogens is 392 g/mol. The summed E-state index contributed by atoms with van der Waals surface area (Å²) in [6, 6.07) is 13.6. The first kappa shape index (κ1) is 20.3. The molecule has 0 spiro atoms. The fourth-order valence-electron chi connectivity index (χ4n) is 2.51. The summed E-state index contributed by atoms with van der Waals surface area (Å²) in [5, 5.41) is 14.5. The Hall–Kier alpha value is -3.46. The van der Waals surface area contributed by atoms with E-state index in [9.17, 15) is 9.59 Å². The molecule has 9 heteroatoms. The maximum absolute atomic E-state index is 12.5. The van der Waals surface area contributed by atoms with E-state index in [0.717, 1.165) is 5.56 Å². The Bertz CT molecular complexity index is 1010. The topological polar surface area (TPSA) is 102 Å². The molecule has 0 aliphatic heterocycles. The lowest BCUT2D eigenvalue weighted by atomic mass is 10.1. The molecule has 1 unspecified atom stereocenters. The van der Waals surface area contributed by atoms with Gasteiger partial charge in [-0.1, -0.05) is 41.7 Å². The molecule has 2 amide bonds. The molecule has 150 valence electrons. The predicted octanol–water partition coefficient (Wildman–Crippen LogP) is 2.98. The zero-order valence-electron chi connectivity index (χ0n) is 16.1. The van der Waals surface area contributed by atoms with Crippen molar-refractivity contribution in [3.63, 3.8) is 0 Å². The highest BCUT2D eigenvalue weighted by molar-refractivity contribution is 7.18. The van der Waals surface area contributed by atoms with E-state index in [1.165, 1.54) is 25.6 Å². The summed E-state index contributed by atoms with van der Waals surface area (Å²) in [5.74, 6) is 0.0803. The number of methoxy groups -OCH3 is 2. The third kappa shape index (κ3) is 4.88. The second-order valence-corrected chi connectivity index (χ2v) is 7.01. The summed E-state index contributed by atoms with van der Waals surface area (Å²) >= 11 is 1.26. The number of hydrogen-bond donors (Lipinski definition) is 2. The van der Waals surface area contributed by atoms with E-state index in [0.29, 0.717) is 27.2 Å². The molecule has 29 heavy (non-hydrogen) atoms. The van der Waals surface area contributed by atoms with Gasteiger partial charge >= 0.3 is 0 Å². The van der Waals surface area contributed by atoms with Gasteiger partial charge in [-0.15, -0.1) is 10.2 Å². The van der Waals surface area contributed by atoms with Crippen molar-refractivity contribution in [3.8, 4) is 22.1 Å². The summed E-state index contributed by atoms with van der Waals surface area (Å²) in [4.78, 5) is 25.0. The van der Waals surface area contributed by atoms with Crippen LogP contribution in [0, 0.1) is 0 Å². The van der Waals surface area contributed by atoms with Crippen molar-refractivity contribution in [2.24, 2.45) is 0 Å². The van der Waals surface area contributed by atoms with E-state index in [1.807, 2.05) is 30.3 Å². The Morgan fingerprint density at radius 3 is 2.48 bits per heavy atom. The number of anilines is 1. The summed E-state index contributed by atoms with van der Waals surface area (Å²) in [5.41, 5.74) is 1.22. The maximum atomic E-state index is 12.5. The van der Waals surface area contributed by atoms with Crippen LogP contribution in [-0.2, 0) is 4.79 Å². The largest absolute Gasteiger partial charge is 0.497 e. The average Bonchev–Trinajstić information content (AvgIpc) is 3.22. The molecule has 2 N–H and O–H groups in total. The number of aromatic nitrogens is 2. The number of amides is 2. The highest BCUT2D eigenvalue weighted by atomic mass is 32.1. The molecule has 8 nitrogen and oxygen atoms in total. The van der Waals surface area contributed by atoms with E-state index in [1.54, 1.807) is 25.1 Å². The smallest absolute Gasteiger partial charge is 0.255 e. The number of nitrogens with zero attached hydrogens (tertiary/aromatic N) is 2. The molecule has 0 saturated carbocycles. The molecule has 1 atom stereocenters. The van der Waals surface area contributed by atoms with Crippen LogP contribution in [-0.4, -0.2) is 42.3 Å². The highest BCUT2D eigenvalue weighted by Crippen LogP contribution is 2.26. The summed E-state index contributed by atoms with van der Waals surface area (Å²) < 4.78 is 10.4. The van der Waals surface area contributed by atoms with Crippen LogP contribution in [0.1, 0.15) is 17.3 Å². The Balaban J connectivity index is 1.64. The van der Waals surface area contributed by atoms with Gasteiger partial charge in [0.1, 0.15) is 22.5 Å². The number of rotatable bonds is 7. The fraction of sp³-hybridized carbons (Fsp3) is 0.200. The number of ether oxygens (including phenoxy) is 2. The molecule has 0 radical (unpaired) electrons. The van der Waals surface area contributed by atoms with E-state index < -0.39 is 17.9 Å². The molecule has 1 aromatic heterocycles. The third-order valence-electron chi connectivity index (χ3n) is 4.07. The van der Waals surface area contributed by atoms with Gasteiger partial charge < -0.3 is 14.8 Å². The monoisotopic (exact) mass is 412 g/mol. The quantitative estimate of drug-likeness (QED) is 0.619. The number of nitrogens with one attached hydrogen (secondary N) is 2. The fourth-order valence-corrected chi connectivity index (χ4v) is 3.26. The van der Waals surface area contributed by atoms with Crippen LogP contribution in [0.3, 0.4) is 0 Å². The van der Waals surface area contributed by atoms with Crippen molar-refractivity contribution in [1.29, 1.82) is 0 Å². The standard InChI is InChI=1S/C20H20N4O4S/c1-12(21-18(26)15-10-9-14(27-2)11-16(15)28-3)17(25)22-20-24-23-19(29-20)13-7-5-4-6-8-13/h4-12H,1-3H3,(H,21,26)(H,22,24,25). The molecule has 3 aromatic rings. The van der Waals surface area contributed by atoms with Crippen LogP contribution < -0.4 is 20.1 Å². The van der Waals surface area contributed by atoms with Crippen molar-refractivity contribution < 1.29 is 19.1 Å². The molecule has 0 aliphatic carbocycles. The van der Waals surface area contributed by atoms with E-state index in [4.69, 9.17) is 9.47 Å². The van der Waals surface area contributed by atoms with Crippen LogP contribution >= 0.6 is 11.3 Å². The number of benzene rings is 2. The van der Waals surface area contributed by atoms with Crippen LogP contribution in [0.4, 0.5) is 5.13 Å². The zero-order chi connectivity index (χ0) is 20.8.